The summed E-state index contributed by atoms with van der Waals surface area (Å²) in [6, 6.07) is 3.36. The van der Waals surface area contributed by atoms with E-state index in [9.17, 15) is 8.42 Å². The van der Waals surface area contributed by atoms with Crippen molar-refractivity contribution < 1.29 is 8.42 Å². The van der Waals surface area contributed by atoms with Gasteiger partial charge in [-0.1, -0.05) is 26.8 Å². The Morgan fingerprint density at radius 1 is 1.35 bits per heavy atom. The van der Waals surface area contributed by atoms with Crippen molar-refractivity contribution in [3.05, 3.63) is 23.9 Å². The Bertz CT molecular complexity index is 474. The molecule has 0 radical (unpaired) electrons. The highest BCUT2D eigenvalue weighted by molar-refractivity contribution is 7.92. The van der Waals surface area contributed by atoms with Crippen molar-refractivity contribution in [3.63, 3.8) is 0 Å². The molecular formula is C12H18ClNO2S. The van der Waals surface area contributed by atoms with Gasteiger partial charge in [0.1, 0.15) is 0 Å². The molecule has 1 aromatic rings. The zero-order valence-corrected chi connectivity index (χ0v) is 12.1. The van der Waals surface area contributed by atoms with E-state index in [1.165, 1.54) is 0 Å². The van der Waals surface area contributed by atoms with Gasteiger partial charge in [0, 0.05) is 12.1 Å². The summed E-state index contributed by atoms with van der Waals surface area (Å²) in [7, 11) is -3.39. The molecule has 1 heterocycles. The standard InChI is InChI=1S/C12H18ClNO2S/c1-9(7-13)17(15,16)11-6-5-10(8-14-11)12(2,3)4/h5-6,8-9H,7H2,1-4H3. The molecule has 1 unspecified atom stereocenters. The van der Waals surface area contributed by atoms with Gasteiger partial charge in [0.2, 0.25) is 0 Å². The van der Waals surface area contributed by atoms with Gasteiger partial charge in [0.05, 0.1) is 5.25 Å². The van der Waals surface area contributed by atoms with Crippen LogP contribution in [0.2, 0.25) is 0 Å². The van der Waals surface area contributed by atoms with Crippen LogP contribution < -0.4 is 0 Å². The summed E-state index contributed by atoms with van der Waals surface area (Å²) in [6.45, 7) is 7.75. The van der Waals surface area contributed by atoms with E-state index in [4.69, 9.17) is 11.6 Å². The topological polar surface area (TPSA) is 47.0 Å². The second-order valence-corrected chi connectivity index (χ2v) is 7.77. The zero-order chi connectivity index (χ0) is 13.3. The summed E-state index contributed by atoms with van der Waals surface area (Å²) in [6.07, 6.45) is 1.62. The van der Waals surface area contributed by atoms with Crippen molar-refractivity contribution in [3.8, 4) is 0 Å². The van der Waals surface area contributed by atoms with Crippen LogP contribution in [-0.4, -0.2) is 24.5 Å². The normalized spacial score (nSPS) is 14.6. The molecule has 0 aromatic carbocycles. The molecule has 0 aliphatic heterocycles. The van der Waals surface area contributed by atoms with Crippen molar-refractivity contribution in [2.75, 3.05) is 5.88 Å². The van der Waals surface area contributed by atoms with E-state index < -0.39 is 15.1 Å². The lowest BCUT2D eigenvalue weighted by Crippen LogP contribution is -2.21. The van der Waals surface area contributed by atoms with Gasteiger partial charge in [-0.25, -0.2) is 13.4 Å². The third-order valence-electron chi connectivity index (χ3n) is 2.64. The quantitative estimate of drug-likeness (QED) is 0.797. The first-order valence-corrected chi connectivity index (χ1v) is 7.54. The molecule has 0 saturated heterocycles. The molecule has 17 heavy (non-hydrogen) atoms. The van der Waals surface area contributed by atoms with Gasteiger partial charge in [-0.15, -0.1) is 11.6 Å². The first-order valence-electron chi connectivity index (χ1n) is 5.46. The highest BCUT2D eigenvalue weighted by Gasteiger charge is 2.24. The van der Waals surface area contributed by atoms with Crippen LogP contribution in [0.5, 0.6) is 0 Å². The molecular weight excluding hydrogens is 258 g/mol. The van der Waals surface area contributed by atoms with E-state index >= 15 is 0 Å². The number of hydrogen-bond acceptors (Lipinski definition) is 3. The van der Waals surface area contributed by atoms with Crippen LogP contribution in [0.15, 0.2) is 23.4 Å². The van der Waals surface area contributed by atoms with E-state index in [0.717, 1.165) is 5.56 Å². The van der Waals surface area contributed by atoms with Gasteiger partial charge in [-0.05, 0) is 24.0 Å². The minimum absolute atomic E-state index is 0.0343. The minimum atomic E-state index is -3.39. The average Bonchev–Trinajstić information content (AvgIpc) is 2.27. The molecule has 0 aliphatic carbocycles. The lowest BCUT2D eigenvalue weighted by Gasteiger charge is -2.18. The van der Waals surface area contributed by atoms with E-state index in [1.807, 2.05) is 0 Å². The number of alkyl halides is 1. The SMILES string of the molecule is CC(CCl)S(=O)(=O)c1ccc(C(C)(C)C)cn1. The first kappa shape index (κ1) is 14.5. The summed E-state index contributed by atoms with van der Waals surface area (Å²) < 4.78 is 24.0. The third-order valence-corrected chi connectivity index (χ3v) is 5.34. The molecule has 0 bridgehead atoms. The number of sulfone groups is 1. The number of aromatic nitrogens is 1. The predicted octanol–water partition coefficient (Wildman–Crippen LogP) is 2.78. The summed E-state index contributed by atoms with van der Waals surface area (Å²) >= 11 is 5.58. The van der Waals surface area contributed by atoms with Gasteiger partial charge >= 0.3 is 0 Å². The maximum atomic E-state index is 12.0. The van der Waals surface area contributed by atoms with E-state index in [2.05, 4.69) is 25.8 Å². The molecule has 1 rings (SSSR count). The molecule has 1 atom stereocenters. The van der Waals surface area contributed by atoms with Gasteiger partial charge in [0.25, 0.3) is 0 Å². The third kappa shape index (κ3) is 3.19. The maximum Gasteiger partial charge on any atom is 0.199 e. The average molecular weight is 276 g/mol. The molecule has 96 valence electrons. The van der Waals surface area contributed by atoms with Crippen molar-refractivity contribution in [1.29, 1.82) is 0 Å². The van der Waals surface area contributed by atoms with E-state index in [1.54, 1.807) is 25.3 Å². The number of hydrogen-bond donors (Lipinski definition) is 0. The van der Waals surface area contributed by atoms with Gasteiger partial charge < -0.3 is 0 Å². The largest absolute Gasteiger partial charge is 0.244 e. The Morgan fingerprint density at radius 2 is 1.94 bits per heavy atom. The fourth-order valence-electron chi connectivity index (χ4n) is 1.28. The Morgan fingerprint density at radius 3 is 2.29 bits per heavy atom. The number of pyridine rings is 1. The van der Waals surface area contributed by atoms with Crippen LogP contribution in [0.3, 0.4) is 0 Å². The molecule has 0 aliphatic rings. The predicted molar refractivity (Wildman–Crippen MR) is 70.3 cm³/mol. The van der Waals surface area contributed by atoms with Crippen molar-refractivity contribution in [1.82, 2.24) is 4.98 Å². The van der Waals surface area contributed by atoms with Crippen LogP contribution >= 0.6 is 11.6 Å². The second kappa shape index (κ2) is 4.94. The first-order chi connectivity index (χ1) is 7.69. The van der Waals surface area contributed by atoms with Crippen LogP contribution in [0.1, 0.15) is 33.3 Å². The maximum absolute atomic E-state index is 12.0. The van der Waals surface area contributed by atoms with Gasteiger partial charge in [0.15, 0.2) is 14.9 Å². The minimum Gasteiger partial charge on any atom is -0.244 e. The van der Waals surface area contributed by atoms with Crippen LogP contribution in [0.25, 0.3) is 0 Å². The number of halogens is 1. The van der Waals surface area contributed by atoms with Crippen LogP contribution in [0, 0.1) is 0 Å². The smallest absolute Gasteiger partial charge is 0.199 e. The summed E-state index contributed by atoms with van der Waals surface area (Å²) in [4.78, 5) is 4.04. The molecule has 0 fully saturated rings. The highest BCUT2D eigenvalue weighted by atomic mass is 35.5. The number of nitrogens with zero attached hydrogens (tertiary/aromatic N) is 1. The van der Waals surface area contributed by atoms with Crippen molar-refractivity contribution in [2.24, 2.45) is 0 Å². The fraction of sp³-hybridized carbons (Fsp3) is 0.583. The summed E-state index contributed by atoms with van der Waals surface area (Å²) in [5.74, 6) is 0.0744. The molecule has 0 amide bonds. The molecule has 0 spiro atoms. The molecule has 0 saturated carbocycles. The lowest BCUT2D eigenvalue weighted by molar-refractivity contribution is 0.575. The highest BCUT2D eigenvalue weighted by Crippen LogP contribution is 2.23. The van der Waals surface area contributed by atoms with Crippen molar-refractivity contribution in [2.45, 2.75) is 43.4 Å². The van der Waals surface area contributed by atoms with Gasteiger partial charge in [-0.3, -0.25) is 0 Å². The van der Waals surface area contributed by atoms with Gasteiger partial charge in [-0.2, -0.15) is 0 Å². The monoisotopic (exact) mass is 275 g/mol. The van der Waals surface area contributed by atoms with Crippen LogP contribution in [0.4, 0.5) is 0 Å². The molecule has 5 heteroatoms. The second-order valence-electron chi connectivity index (χ2n) is 5.15. The summed E-state index contributed by atoms with van der Waals surface area (Å²) in [5, 5.41) is -0.518. The summed E-state index contributed by atoms with van der Waals surface area (Å²) in [5.41, 5.74) is 0.975. The van der Waals surface area contributed by atoms with E-state index in [0.29, 0.717) is 0 Å². The van der Waals surface area contributed by atoms with Crippen molar-refractivity contribution >= 4 is 21.4 Å². The molecule has 1 aromatic heterocycles. The molecule has 0 N–H and O–H groups in total. The number of rotatable bonds is 3. The zero-order valence-electron chi connectivity index (χ0n) is 10.6. The Hall–Kier alpha value is -0.610. The lowest BCUT2D eigenvalue weighted by atomic mass is 9.88. The molecule has 3 nitrogen and oxygen atoms in total. The van der Waals surface area contributed by atoms with E-state index in [-0.39, 0.29) is 16.3 Å². The fourth-order valence-corrected chi connectivity index (χ4v) is 2.81. The van der Waals surface area contributed by atoms with Crippen LogP contribution in [-0.2, 0) is 15.3 Å². The Kier molecular flexibility index (Phi) is 4.20. The Labute approximate surface area is 108 Å². The Balaban J connectivity index is 3.12.